The first-order chi connectivity index (χ1) is 32.0. The Balaban J connectivity index is 0.00000216. The van der Waals surface area contributed by atoms with E-state index in [2.05, 4.69) is 10.2 Å². The van der Waals surface area contributed by atoms with Crippen LogP contribution in [0.5, 0.6) is 11.5 Å². The summed E-state index contributed by atoms with van der Waals surface area (Å²) in [6, 6.07) is 16.2. The lowest BCUT2D eigenvalue weighted by Gasteiger charge is -2.44. The molecule has 4 aromatic rings. The summed E-state index contributed by atoms with van der Waals surface area (Å²) in [7, 11) is -4.81. The lowest BCUT2D eigenvalue weighted by molar-refractivity contribution is -0.605. The van der Waals surface area contributed by atoms with Crippen molar-refractivity contribution in [2.45, 2.75) is 66.5 Å². The monoisotopic (exact) mass is 1010 g/mol. The molecule has 358 valence electrons. The second-order valence-electron chi connectivity index (χ2n) is 16.4. The zero-order chi connectivity index (χ0) is 48.0. The first-order valence-electron chi connectivity index (χ1n) is 21.2. The van der Waals surface area contributed by atoms with E-state index in [9.17, 15) is 41.9 Å². The van der Waals surface area contributed by atoms with Crippen molar-refractivity contribution in [3.63, 3.8) is 0 Å². The topological polar surface area (TPSA) is 216 Å². The number of hydrogen-bond acceptors (Lipinski definition) is 12. The fraction of sp³-hybridized carbons (Fsp3) is 0.400. The number of benzene rings is 3. The van der Waals surface area contributed by atoms with Gasteiger partial charge in [0.1, 0.15) is 16.1 Å². The largest absolute Gasteiger partial charge is 0.619 e. The molecule has 2 bridgehead atoms. The van der Waals surface area contributed by atoms with Gasteiger partial charge in [-0.25, -0.2) is 18.0 Å². The Morgan fingerprint density at radius 3 is 2.25 bits per heavy atom. The summed E-state index contributed by atoms with van der Waals surface area (Å²) in [5.74, 6) is -4.43. The van der Waals surface area contributed by atoms with Crippen LogP contribution in [0, 0.1) is 17.0 Å². The maximum Gasteiger partial charge on any atom is 0.387 e. The Hall–Kier alpha value is -5.25. The number of fused-ring (bicyclic) bond motifs is 3. The molecule has 22 heteroatoms. The molecule has 1 unspecified atom stereocenters. The van der Waals surface area contributed by atoms with E-state index in [1.807, 2.05) is 0 Å². The quantitative estimate of drug-likeness (QED) is 0.0454. The highest BCUT2D eigenvalue weighted by Crippen LogP contribution is 2.52. The molecular formula is C45H46Cl2F2N4O12S2. The molecule has 1 amide bonds. The SMILES string of the molecule is O=C(NC(C(=O)O[C@H]1CN2CCC1CC2)c1ccccc1)c1cccc(S(=O)(=O)N2CCS[C@]2(C(=O)O)[C@@H](Cc2c(Cl)c[n+]([O-])cc2Cl)c2ccc(OC(F)F)c(OCC3CC3)c2)c1.O=CO. The number of nitrogens with one attached hydrogen (secondary N) is 1. The van der Waals surface area contributed by atoms with Crippen LogP contribution in [-0.4, -0.2) is 108 Å². The molecule has 1 aliphatic carbocycles. The lowest BCUT2D eigenvalue weighted by Crippen LogP contribution is -2.55. The number of aromatic nitrogens is 1. The molecule has 1 aromatic heterocycles. The Kier molecular flexibility index (Phi) is 15.8. The molecule has 4 aliphatic heterocycles. The van der Waals surface area contributed by atoms with Gasteiger partial charge in [-0.2, -0.15) is 17.8 Å². The zero-order valence-electron chi connectivity index (χ0n) is 35.5. The summed E-state index contributed by atoms with van der Waals surface area (Å²) in [4.78, 5) is 49.6. The number of thioether (sulfide) groups is 1. The number of alkyl halides is 2. The van der Waals surface area contributed by atoms with E-state index in [0.29, 0.717) is 16.8 Å². The molecule has 0 spiro atoms. The Labute approximate surface area is 398 Å². The third-order valence-electron chi connectivity index (χ3n) is 12.2. The number of carboxylic acids is 1. The maximum absolute atomic E-state index is 15.0. The summed E-state index contributed by atoms with van der Waals surface area (Å²) in [6.45, 7) is -1.14. The lowest BCUT2D eigenvalue weighted by atomic mass is 9.85. The molecule has 4 saturated heterocycles. The van der Waals surface area contributed by atoms with E-state index in [1.54, 1.807) is 30.3 Å². The Morgan fingerprint density at radius 1 is 0.955 bits per heavy atom. The number of nitrogens with zero attached hydrogens (tertiary/aromatic N) is 3. The average Bonchev–Trinajstić information content (AvgIpc) is 4.02. The number of ether oxygens (including phenoxy) is 3. The predicted molar refractivity (Wildman–Crippen MR) is 241 cm³/mol. The van der Waals surface area contributed by atoms with E-state index < -0.39 is 56.2 Å². The van der Waals surface area contributed by atoms with Gasteiger partial charge in [0, 0.05) is 35.9 Å². The van der Waals surface area contributed by atoms with E-state index >= 15 is 0 Å². The number of amides is 1. The van der Waals surface area contributed by atoms with E-state index in [0.717, 1.165) is 73.3 Å². The van der Waals surface area contributed by atoms with Crippen LogP contribution in [0.1, 0.15) is 64.7 Å². The van der Waals surface area contributed by atoms with Gasteiger partial charge in [-0.05, 0) is 98.5 Å². The maximum atomic E-state index is 15.0. The number of pyridine rings is 1. The average molecular weight is 1010 g/mol. The van der Waals surface area contributed by atoms with Crippen LogP contribution < -0.4 is 19.5 Å². The van der Waals surface area contributed by atoms with Gasteiger partial charge in [0.05, 0.1) is 11.5 Å². The number of rotatable bonds is 17. The summed E-state index contributed by atoms with van der Waals surface area (Å²) in [6.07, 6.45) is 4.88. The van der Waals surface area contributed by atoms with Crippen molar-refractivity contribution in [2.75, 3.05) is 38.5 Å². The zero-order valence-corrected chi connectivity index (χ0v) is 38.7. The fourth-order valence-corrected chi connectivity index (χ4v) is 12.9. The van der Waals surface area contributed by atoms with Gasteiger partial charge in [-0.3, -0.25) is 14.5 Å². The molecule has 5 aliphatic rings. The van der Waals surface area contributed by atoms with Crippen molar-refractivity contribution >= 4 is 69.3 Å². The van der Waals surface area contributed by atoms with Crippen molar-refractivity contribution in [2.24, 2.45) is 11.8 Å². The molecule has 4 atom stereocenters. The molecule has 3 N–H and O–H groups in total. The minimum atomic E-state index is -4.81. The first kappa shape index (κ1) is 49.6. The van der Waals surface area contributed by atoms with E-state index in [4.69, 9.17) is 47.3 Å². The minimum absolute atomic E-state index is 0.00286. The van der Waals surface area contributed by atoms with Gasteiger partial charge in [0.25, 0.3) is 12.4 Å². The van der Waals surface area contributed by atoms with Gasteiger partial charge >= 0.3 is 18.6 Å². The fourth-order valence-electron chi connectivity index (χ4n) is 8.69. The van der Waals surface area contributed by atoms with Crippen LogP contribution >= 0.6 is 35.0 Å². The van der Waals surface area contributed by atoms with Crippen molar-refractivity contribution < 1.29 is 65.5 Å². The van der Waals surface area contributed by atoms with E-state index in [-0.39, 0.29) is 88.0 Å². The molecule has 0 radical (unpaired) electrons. The second-order valence-corrected chi connectivity index (χ2v) is 20.4. The number of piperidine rings is 3. The number of aliphatic carboxylic acids is 1. The third-order valence-corrected chi connectivity index (χ3v) is 16.4. The molecule has 1 saturated carbocycles. The molecule has 67 heavy (non-hydrogen) atoms. The highest BCUT2D eigenvalue weighted by atomic mass is 35.5. The molecule has 16 nitrogen and oxygen atoms in total. The van der Waals surface area contributed by atoms with Gasteiger partial charge in [-0.15, -0.1) is 11.8 Å². The van der Waals surface area contributed by atoms with Gasteiger partial charge in [0.15, 0.2) is 34.8 Å². The van der Waals surface area contributed by atoms with Crippen LogP contribution in [0.25, 0.3) is 0 Å². The van der Waals surface area contributed by atoms with Crippen molar-refractivity contribution in [3.05, 3.63) is 123 Å². The van der Waals surface area contributed by atoms with Crippen molar-refractivity contribution in [1.29, 1.82) is 0 Å². The molecule has 3 aromatic carbocycles. The molecule has 5 fully saturated rings. The first-order valence-corrected chi connectivity index (χ1v) is 24.4. The number of carboxylic acid groups (broad SMARTS) is 2. The molecule has 5 heterocycles. The van der Waals surface area contributed by atoms with Crippen LogP contribution in [0.4, 0.5) is 8.78 Å². The van der Waals surface area contributed by atoms with Gasteiger partial charge < -0.3 is 34.9 Å². The van der Waals surface area contributed by atoms with Crippen LogP contribution in [-0.2, 0) is 35.6 Å². The van der Waals surface area contributed by atoms with Crippen molar-refractivity contribution in [1.82, 2.24) is 14.5 Å². The number of carbonyl (C=O) groups is 4. The summed E-state index contributed by atoms with van der Waals surface area (Å²) in [5, 5.41) is 32.9. The molecular weight excluding hydrogens is 962 g/mol. The highest BCUT2D eigenvalue weighted by molar-refractivity contribution is 8.02. The van der Waals surface area contributed by atoms with Crippen LogP contribution in [0.3, 0.4) is 0 Å². The number of sulfonamides is 1. The summed E-state index contributed by atoms with van der Waals surface area (Å²) in [5.41, 5.74) is 0.595. The minimum Gasteiger partial charge on any atom is -0.619 e. The Morgan fingerprint density at radius 2 is 1.64 bits per heavy atom. The number of carbonyl (C=O) groups excluding carboxylic acids is 2. The third kappa shape index (κ3) is 11.2. The van der Waals surface area contributed by atoms with E-state index in [1.165, 1.54) is 36.4 Å². The second kappa shape index (κ2) is 21.4. The number of hydrogen-bond donors (Lipinski definition) is 3. The smallest absolute Gasteiger partial charge is 0.387 e. The number of halogens is 4. The standard InChI is InChI=1S/C44H44Cl2F2N4O10S2.CH2O2/c45-34-22-51(57)23-35(46)32(34)21-33(29-11-12-36(62-43(47)48)37(20-29)60-25-26-9-10-26)44(42(55)56)52(17-18-63-44)64(58,59)31-8-4-7-30(19-31)40(53)49-39(28-5-2-1-3-6-28)41(54)61-38-24-50-15-13-27(38)14-16-50;2-1-3/h1-8,11-12,19-20,22-23,26-27,33,38-39,43H,9-10,13-18,21,24-25H2,(H,49,53)(H,55,56);1H,(H,2,3)/t33-,38-,39?,44-;/m0./s1. The van der Waals surface area contributed by atoms with Crippen LogP contribution in [0.2, 0.25) is 10.0 Å². The normalized spacial score (nSPS) is 22.2. The molecule has 9 rings (SSSR count). The van der Waals surface area contributed by atoms with Gasteiger partial charge in [0.2, 0.25) is 10.0 Å². The van der Waals surface area contributed by atoms with Gasteiger partial charge in [-0.1, -0.05) is 65.7 Å². The summed E-state index contributed by atoms with van der Waals surface area (Å²) >= 11 is 13.9. The summed E-state index contributed by atoms with van der Waals surface area (Å²) < 4.78 is 75.0. The predicted octanol–water partition coefficient (Wildman–Crippen LogP) is 6.37. The Bertz CT molecular complexity index is 2550. The van der Waals surface area contributed by atoms with Crippen molar-refractivity contribution in [3.8, 4) is 11.5 Å². The van der Waals surface area contributed by atoms with Crippen LogP contribution in [0.15, 0.2) is 90.1 Å². The highest BCUT2D eigenvalue weighted by Gasteiger charge is 2.60. The number of esters is 1.